The first-order valence-corrected chi connectivity index (χ1v) is 11.1. The summed E-state index contributed by atoms with van der Waals surface area (Å²) >= 11 is 0. The smallest absolute Gasteiger partial charge is 0.0692 e. The summed E-state index contributed by atoms with van der Waals surface area (Å²) in [4.78, 5) is 0. The van der Waals surface area contributed by atoms with Crippen molar-refractivity contribution in [1.29, 1.82) is 0 Å². The van der Waals surface area contributed by atoms with Crippen molar-refractivity contribution < 1.29 is 10.2 Å². The number of hydrogen-bond donors (Lipinski definition) is 2. The second kappa shape index (κ2) is 11.0. The van der Waals surface area contributed by atoms with Crippen molar-refractivity contribution in [3.63, 3.8) is 0 Å². The minimum absolute atomic E-state index is 0.121. The average Bonchev–Trinajstić information content (AvgIpc) is 2.48. The number of aliphatic hydroxyl groups is 2. The topological polar surface area (TPSA) is 40.5 Å². The van der Waals surface area contributed by atoms with E-state index >= 15 is 0 Å². The van der Waals surface area contributed by atoms with Crippen molar-refractivity contribution in [2.45, 2.75) is 66.2 Å². The first kappa shape index (κ1) is 20.3. The first-order chi connectivity index (χ1) is 9.51. The van der Waals surface area contributed by atoms with Crippen molar-refractivity contribution in [3.8, 4) is 0 Å². The second-order valence-electron chi connectivity index (χ2n) is 6.86. The molecule has 0 aliphatic rings. The molecule has 0 saturated carbocycles. The maximum absolute atomic E-state index is 9.68. The Morgan fingerprint density at radius 3 is 1.35 bits per heavy atom. The summed E-state index contributed by atoms with van der Waals surface area (Å²) in [5.41, 5.74) is -0.275. The lowest BCUT2D eigenvalue weighted by atomic mass is 9.96. The Bertz CT molecular complexity index is 205. The molecule has 2 nitrogen and oxygen atoms in total. The Hall–Kier alpha value is 0.350. The minimum Gasteiger partial charge on any atom is -0.396 e. The van der Waals surface area contributed by atoms with Crippen LogP contribution < -0.4 is 0 Å². The molecule has 3 heteroatoms. The van der Waals surface area contributed by atoms with E-state index in [-0.39, 0.29) is 18.6 Å². The largest absolute Gasteiger partial charge is 0.396 e. The fraction of sp³-hybridized carbons (Fsp3) is 1.00. The molecular weight excluding hydrogens is 267 g/mol. The van der Waals surface area contributed by atoms with Gasteiger partial charge < -0.3 is 10.2 Å². The van der Waals surface area contributed by atoms with Crippen LogP contribution in [-0.2, 0) is 0 Å². The van der Waals surface area contributed by atoms with E-state index in [1.807, 2.05) is 0 Å². The molecule has 0 heterocycles. The minimum atomic E-state index is -1.02. The SMILES string of the molecule is CCCC[P+](CCCC)(CCCC)CC(C)(CO)CO. The molecule has 0 aromatic heterocycles. The van der Waals surface area contributed by atoms with Gasteiger partial charge in [-0.2, -0.15) is 0 Å². The van der Waals surface area contributed by atoms with Gasteiger partial charge in [-0.25, -0.2) is 0 Å². The standard InChI is InChI=1S/C17H38O2P/c1-5-8-11-20(12-9-6-2,13-10-7-3)16-17(4,14-18)15-19/h18-19H,5-16H2,1-4H3/q+1. The van der Waals surface area contributed by atoms with Crippen LogP contribution in [0.4, 0.5) is 0 Å². The number of rotatable bonds is 13. The summed E-state index contributed by atoms with van der Waals surface area (Å²) in [5.74, 6) is 0. The quantitative estimate of drug-likeness (QED) is 0.495. The summed E-state index contributed by atoms with van der Waals surface area (Å²) in [6.45, 7) is 9.11. The normalized spacial score (nSPS) is 12.9. The number of unbranched alkanes of at least 4 members (excludes halogenated alkanes) is 3. The Morgan fingerprint density at radius 1 is 0.750 bits per heavy atom. The predicted molar refractivity (Wildman–Crippen MR) is 93.4 cm³/mol. The van der Waals surface area contributed by atoms with Gasteiger partial charge in [-0.05, 0) is 19.3 Å². The lowest BCUT2D eigenvalue weighted by molar-refractivity contribution is 0.0880. The highest BCUT2D eigenvalue weighted by Gasteiger charge is 2.42. The zero-order valence-corrected chi connectivity index (χ0v) is 15.2. The van der Waals surface area contributed by atoms with E-state index in [2.05, 4.69) is 27.7 Å². The van der Waals surface area contributed by atoms with Gasteiger partial charge in [0.2, 0.25) is 0 Å². The molecule has 0 saturated heterocycles. The van der Waals surface area contributed by atoms with E-state index in [0.29, 0.717) is 0 Å². The Morgan fingerprint density at radius 2 is 1.10 bits per heavy atom. The summed E-state index contributed by atoms with van der Waals surface area (Å²) in [5, 5.41) is 19.4. The molecular formula is C17H38O2P+. The summed E-state index contributed by atoms with van der Waals surface area (Å²) < 4.78 is 0. The van der Waals surface area contributed by atoms with Crippen LogP contribution in [0.15, 0.2) is 0 Å². The monoisotopic (exact) mass is 305 g/mol. The lowest BCUT2D eigenvalue weighted by Crippen LogP contribution is -2.33. The van der Waals surface area contributed by atoms with Gasteiger partial charge in [0.1, 0.15) is 0 Å². The molecule has 0 spiro atoms. The Balaban J connectivity index is 5.00. The van der Waals surface area contributed by atoms with Gasteiger partial charge in [-0.3, -0.25) is 0 Å². The van der Waals surface area contributed by atoms with Crippen LogP contribution in [0.2, 0.25) is 0 Å². The van der Waals surface area contributed by atoms with Crippen molar-refractivity contribution in [2.24, 2.45) is 5.41 Å². The van der Waals surface area contributed by atoms with E-state index in [1.165, 1.54) is 57.0 Å². The summed E-state index contributed by atoms with van der Waals surface area (Å²) in [6.07, 6.45) is 12.9. The molecule has 0 aromatic rings. The maximum Gasteiger partial charge on any atom is 0.0692 e. The van der Waals surface area contributed by atoms with Gasteiger partial charge in [0.15, 0.2) is 0 Å². The summed E-state index contributed by atoms with van der Waals surface area (Å²) in [7, 11) is -1.02. The van der Waals surface area contributed by atoms with E-state index in [1.54, 1.807) is 0 Å². The molecule has 0 aliphatic heterocycles. The highest BCUT2D eigenvalue weighted by atomic mass is 31.2. The van der Waals surface area contributed by atoms with Gasteiger partial charge in [-0.15, -0.1) is 0 Å². The highest BCUT2D eigenvalue weighted by Crippen LogP contribution is 2.63. The average molecular weight is 305 g/mol. The van der Waals surface area contributed by atoms with Crippen LogP contribution in [0, 0.1) is 5.41 Å². The zero-order chi connectivity index (χ0) is 15.5. The molecule has 0 fully saturated rings. The van der Waals surface area contributed by atoms with E-state index < -0.39 is 7.26 Å². The third-order valence-corrected chi connectivity index (χ3v) is 9.67. The van der Waals surface area contributed by atoms with Gasteiger partial charge in [0.25, 0.3) is 0 Å². The molecule has 0 aliphatic carbocycles. The van der Waals surface area contributed by atoms with E-state index in [0.717, 1.165) is 6.16 Å². The zero-order valence-electron chi connectivity index (χ0n) is 14.3. The highest BCUT2D eigenvalue weighted by molar-refractivity contribution is 7.75. The molecule has 0 aromatic carbocycles. The van der Waals surface area contributed by atoms with Crippen LogP contribution in [0.5, 0.6) is 0 Å². The summed E-state index contributed by atoms with van der Waals surface area (Å²) in [6, 6.07) is 0. The van der Waals surface area contributed by atoms with Crippen molar-refractivity contribution in [1.82, 2.24) is 0 Å². The number of aliphatic hydroxyl groups excluding tert-OH is 2. The van der Waals surface area contributed by atoms with Crippen molar-refractivity contribution in [2.75, 3.05) is 37.9 Å². The van der Waals surface area contributed by atoms with Gasteiger partial charge in [0.05, 0.1) is 37.9 Å². The van der Waals surface area contributed by atoms with Gasteiger partial charge >= 0.3 is 0 Å². The van der Waals surface area contributed by atoms with Crippen LogP contribution in [-0.4, -0.2) is 48.1 Å². The van der Waals surface area contributed by atoms with E-state index in [9.17, 15) is 10.2 Å². The van der Waals surface area contributed by atoms with Gasteiger partial charge in [0, 0.05) is 12.7 Å². The Labute approximate surface area is 127 Å². The third kappa shape index (κ3) is 7.38. The molecule has 2 N–H and O–H groups in total. The molecule has 0 bridgehead atoms. The van der Waals surface area contributed by atoms with Crippen LogP contribution in [0.1, 0.15) is 66.2 Å². The van der Waals surface area contributed by atoms with Crippen molar-refractivity contribution in [3.05, 3.63) is 0 Å². The van der Waals surface area contributed by atoms with E-state index in [4.69, 9.17) is 0 Å². The molecule has 0 rings (SSSR count). The van der Waals surface area contributed by atoms with Crippen LogP contribution in [0.3, 0.4) is 0 Å². The fourth-order valence-electron chi connectivity index (χ4n) is 3.01. The predicted octanol–water partition coefficient (Wildman–Crippen LogP) is 4.40. The van der Waals surface area contributed by atoms with Gasteiger partial charge in [-0.1, -0.05) is 47.0 Å². The molecule has 0 amide bonds. The number of hydrogen-bond acceptors (Lipinski definition) is 2. The van der Waals surface area contributed by atoms with Crippen LogP contribution in [0.25, 0.3) is 0 Å². The Kier molecular flexibility index (Phi) is 11.2. The lowest BCUT2D eigenvalue weighted by Gasteiger charge is -2.35. The molecule has 122 valence electrons. The first-order valence-electron chi connectivity index (χ1n) is 8.58. The van der Waals surface area contributed by atoms with Crippen molar-refractivity contribution >= 4 is 7.26 Å². The molecule has 0 unspecified atom stereocenters. The molecule has 0 radical (unpaired) electrons. The molecule has 0 atom stereocenters. The maximum atomic E-state index is 9.68. The third-order valence-electron chi connectivity index (χ3n) is 4.44. The second-order valence-corrected chi connectivity index (χ2v) is 11.2. The van der Waals surface area contributed by atoms with Crippen LogP contribution >= 0.6 is 7.26 Å². The fourth-order valence-corrected chi connectivity index (χ4v) is 8.94. The molecule has 20 heavy (non-hydrogen) atoms.